The number of thiophene rings is 1. The Morgan fingerprint density at radius 2 is 1.88 bits per heavy atom. The smallest absolute Gasteiger partial charge is 0.251 e. The molecule has 33 heavy (non-hydrogen) atoms. The van der Waals surface area contributed by atoms with E-state index in [0.29, 0.717) is 6.61 Å². The number of carbonyl (C=O) groups is 1. The summed E-state index contributed by atoms with van der Waals surface area (Å²) in [6.45, 7) is 4.07. The molecule has 0 radical (unpaired) electrons. The number of nitrogens with zero attached hydrogens (tertiary/aromatic N) is 2. The van der Waals surface area contributed by atoms with Gasteiger partial charge in [-0.15, -0.1) is 11.3 Å². The number of benzene rings is 2. The van der Waals surface area contributed by atoms with Crippen LogP contribution in [0.2, 0.25) is 0 Å². The predicted octanol–water partition coefficient (Wildman–Crippen LogP) is 5.08. The molecular formula is C27H32N2O3S. The van der Waals surface area contributed by atoms with E-state index >= 15 is 0 Å². The van der Waals surface area contributed by atoms with E-state index in [1.165, 1.54) is 20.5 Å². The Morgan fingerprint density at radius 1 is 1.09 bits per heavy atom. The van der Waals surface area contributed by atoms with Crippen molar-refractivity contribution in [2.24, 2.45) is 0 Å². The summed E-state index contributed by atoms with van der Waals surface area (Å²) in [4.78, 5) is 18.2. The van der Waals surface area contributed by atoms with Crippen molar-refractivity contribution < 1.29 is 14.3 Å². The molecule has 0 unspecified atom stereocenters. The molecule has 2 saturated heterocycles. The number of fused-ring (bicyclic) bond motifs is 1. The fraction of sp³-hybridized carbons (Fsp3) is 0.444. The van der Waals surface area contributed by atoms with Crippen molar-refractivity contribution in [1.82, 2.24) is 9.80 Å². The van der Waals surface area contributed by atoms with Gasteiger partial charge in [0.1, 0.15) is 18.0 Å². The highest BCUT2D eigenvalue weighted by atomic mass is 32.1. The third-order valence-electron chi connectivity index (χ3n) is 6.54. The zero-order chi connectivity index (χ0) is 22.6. The number of likely N-dealkylation sites (tertiary alicyclic amines) is 1. The van der Waals surface area contributed by atoms with E-state index in [9.17, 15) is 4.79 Å². The highest BCUT2D eigenvalue weighted by Gasteiger charge is 2.31. The van der Waals surface area contributed by atoms with Gasteiger partial charge in [-0.25, -0.2) is 0 Å². The van der Waals surface area contributed by atoms with Gasteiger partial charge in [-0.3, -0.25) is 9.69 Å². The Hall–Kier alpha value is -2.41. The van der Waals surface area contributed by atoms with Crippen LogP contribution in [0.4, 0.5) is 0 Å². The van der Waals surface area contributed by atoms with E-state index < -0.39 is 0 Å². The summed E-state index contributed by atoms with van der Waals surface area (Å²) < 4.78 is 13.1. The average molecular weight is 465 g/mol. The van der Waals surface area contributed by atoms with Crippen LogP contribution in [0.1, 0.15) is 36.1 Å². The number of rotatable bonds is 7. The van der Waals surface area contributed by atoms with E-state index in [1.54, 1.807) is 0 Å². The van der Waals surface area contributed by atoms with Gasteiger partial charge in [0.2, 0.25) is 0 Å². The first-order valence-electron chi connectivity index (χ1n) is 12.0. The Morgan fingerprint density at radius 3 is 2.61 bits per heavy atom. The monoisotopic (exact) mass is 464 g/mol. The van der Waals surface area contributed by atoms with Gasteiger partial charge in [-0.2, -0.15) is 0 Å². The largest absolute Gasteiger partial charge is 0.490 e. The second-order valence-electron chi connectivity index (χ2n) is 9.21. The normalized spacial score (nSPS) is 19.5. The molecule has 3 aromatic rings. The second kappa shape index (κ2) is 10.2. The third-order valence-corrected chi connectivity index (χ3v) is 7.64. The van der Waals surface area contributed by atoms with Crippen LogP contribution < -0.4 is 4.74 Å². The Labute approximate surface area is 199 Å². The molecule has 0 aliphatic carbocycles. The number of amides is 1. The molecule has 174 valence electrons. The minimum Gasteiger partial charge on any atom is -0.490 e. The van der Waals surface area contributed by atoms with Crippen molar-refractivity contribution in [1.29, 1.82) is 0 Å². The molecule has 1 amide bonds. The second-order valence-corrected chi connectivity index (χ2v) is 10.4. The lowest BCUT2D eigenvalue weighted by Crippen LogP contribution is -2.45. The van der Waals surface area contributed by atoms with Crippen molar-refractivity contribution in [3.05, 3.63) is 65.0 Å². The van der Waals surface area contributed by atoms with Crippen molar-refractivity contribution in [3.63, 3.8) is 0 Å². The topological polar surface area (TPSA) is 42.0 Å². The van der Waals surface area contributed by atoms with Crippen LogP contribution in [0.3, 0.4) is 0 Å². The van der Waals surface area contributed by atoms with Gasteiger partial charge in [0.15, 0.2) is 0 Å². The summed E-state index contributed by atoms with van der Waals surface area (Å²) in [6.07, 6.45) is 3.55. The SMILES string of the molecule is CN(Cc1ccc(OC2CCN(C(=O)[C@@H]3CCCO3)CC2)cc1)Cc1cc2ccccc2s1. The van der Waals surface area contributed by atoms with Crippen LogP contribution in [-0.4, -0.2) is 54.7 Å². The lowest BCUT2D eigenvalue weighted by atomic mass is 10.1. The molecule has 2 aromatic carbocycles. The Kier molecular flexibility index (Phi) is 6.95. The summed E-state index contributed by atoms with van der Waals surface area (Å²) in [5, 5.41) is 1.33. The Balaban J connectivity index is 1.08. The van der Waals surface area contributed by atoms with Crippen LogP contribution in [-0.2, 0) is 22.6 Å². The van der Waals surface area contributed by atoms with Crippen molar-refractivity contribution in [3.8, 4) is 5.75 Å². The first kappa shape index (κ1) is 22.4. The van der Waals surface area contributed by atoms with Crippen LogP contribution in [0, 0.1) is 0 Å². The number of piperidine rings is 1. The molecular weight excluding hydrogens is 432 g/mol. The molecule has 0 spiro atoms. The molecule has 1 atom stereocenters. The van der Waals surface area contributed by atoms with Gasteiger partial charge in [-0.05, 0) is 55.1 Å². The van der Waals surface area contributed by atoms with Crippen molar-refractivity contribution >= 4 is 27.3 Å². The van der Waals surface area contributed by atoms with Gasteiger partial charge in [0, 0.05) is 55.2 Å². The van der Waals surface area contributed by atoms with Crippen LogP contribution in [0.15, 0.2) is 54.6 Å². The maximum atomic E-state index is 12.5. The quantitative estimate of drug-likeness (QED) is 0.489. The molecule has 0 saturated carbocycles. The first-order valence-corrected chi connectivity index (χ1v) is 12.8. The first-order chi connectivity index (χ1) is 16.1. The summed E-state index contributed by atoms with van der Waals surface area (Å²) in [5.41, 5.74) is 1.28. The van der Waals surface area contributed by atoms with Crippen molar-refractivity contribution in [2.75, 3.05) is 26.7 Å². The zero-order valence-electron chi connectivity index (χ0n) is 19.2. The maximum absolute atomic E-state index is 12.5. The van der Waals surface area contributed by atoms with Crippen LogP contribution in [0.25, 0.3) is 10.1 Å². The molecule has 5 rings (SSSR count). The maximum Gasteiger partial charge on any atom is 0.251 e. The lowest BCUT2D eigenvalue weighted by molar-refractivity contribution is -0.142. The highest BCUT2D eigenvalue weighted by Crippen LogP contribution is 2.27. The molecule has 0 N–H and O–H groups in total. The van der Waals surface area contributed by atoms with E-state index in [2.05, 4.69) is 66.5 Å². The van der Waals surface area contributed by atoms with Crippen molar-refractivity contribution in [2.45, 2.75) is 51.0 Å². The van der Waals surface area contributed by atoms with E-state index in [4.69, 9.17) is 9.47 Å². The molecule has 2 aliphatic heterocycles. The minimum absolute atomic E-state index is 0.162. The summed E-state index contributed by atoms with van der Waals surface area (Å²) in [6, 6.07) is 19.3. The summed E-state index contributed by atoms with van der Waals surface area (Å²) in [7, 11) is 2.17. The molecule has 1 aromatic heterocycles. The predicted molar refractivity (Wildman–Crippen MR) is 133 cm³/mol. The average Bonchev–Trinajstić information content (AvgIpc) is 3.50. The standard InChI is InChI=1S/C27H32N2O3S/c1-28(19-24-17-21-5-2-3-7-26(21)33-24)18-20-8-10-22(11-9-20)32-23-12-14-29(15-13-23)27(30)25-6-4-16-31-25/h2-3,5,7-11,17,23,25H,4,6,12-16,18-19H2,1H3/t25-/m0/s1. The van der Waals surface area contributed by atoms with Gasteiger partial charge >= 0.3 is 0 Å². The third kappa shape index (κ3) is 5.57. The highest BCUT2D eigenvalue weighted by molar-refractivity contribution is 7.19. The number of hydrogen-bond donors (Lipinski definition) is 0. The van der Waals surface area contributed by atoms with Gasteiger partial charge in [0.05, 0.1) is 0 Å². The van der Waals surface area contributed by atoms with Gasteiger partial charge < -0.3 is 14.4 Å². The molecule has 2 aliphatic rings. The minimum atomic E-state index is -0.216. The van der Waals surface area contributed by atoms with Crippen LogP contribution >= 0.6 is 11.3 Å². The summed E-state index contributed by atoms with van der Waals surface area (Å²) in [5.74, 6) is 1.07. The molecule has 0 bridgehead atoms. The molecule has 2 fully saturated rings. The number of hydrogen-bond acceptors (Lipinski definition) is 5. The zero-order valence-corrected chi connectivity index (χ0v) is 20.1. The molecule has 6 heteroatoms. The van der Waals surface area contributed by atoms with E-state index in [1.807, 2.05) is 16.2 Å². The molecule has 3 heterocycles. The van der Waals surface area contributed by atoms with E-state index in [-0.39, 0.29) is 18.1 Å². The fourth-order valence-electron chi connectivity index (χ4n) is 4.78. The number of carbonyl (C=O) groups excluding carboxylic acids is 1. The number of ether oxygens (including phenoxy) is 2. The Bertz CT molecular complexity index is 1030. The van der Waals surface area contributed by atoms with Gasteiger partial charge in [0.25, 0.3) is 5.91 Å². The van der Waals surface area contributed by atoms with E-state index in [0.717, 1.165) is 57.6 Å². The lowest BCUT2D eigenvalue weighted by Gasteiger charge is -2.33. The van der Waals surface area contributed by atoms with Gasteiger partial charge in [-0.1, -0.05) is 30.3 Å². The fourth-order valence-corrected chi connectivity index (χ4v) is 5.93. The summed E-state index contributed by atoms with van der Waals surface area (Å²) >= 11 is 1.87. The van der Waals surface area contributed by atoms with Crippen LogP contribution in [0.5, 0.6) is 5.75 Å². The molecule has 5 nitrogen and oxygen atoms in total.